The predicted octanol–water partition coefficient (Wildman–Crippen LogP) is 2.29. The largest absolute Gasteiger partial charge is 0.481 e. The van der Waals surface area contributed by atoms with Gasteiger partial charge in [-0.2, -0.15) is 0 Å². The molecule has 132 valence electrons. The first-order valence-corrected chi connectivity index (χ1v) is 8.53. The number of carboxylic acid groups (broad SMARTS) is 1. The van der Waals surface area contributed by atoms with Crippen LogP contribution in [0.4, 0.5) is 0 Å². The fraction of sp³-hybridized carbons (Fsp3) is 0.579. The van der Waals surface area contributed by atoms with Crippen molar-refractivity contribution in [2.75, 3.05) is 7.11 Å². The molecule has 0 radical (unpaired) electrons. The first-order chi connectivity index (χ1) is 11.4. The molecule has 0 saturated carbocycles. The molecule has 1 fully saturated rings. The van der Waals surface area contributed by atoms with Gasteiger partial charge >= 0.3 is 5.97 Å². The highest BCUT2D eigenvalue weighted by Gasteiger charge is 2.39. The normalized spacial score (nSPS) is 24.3. The molecule has 5 atom stereocenters. The van der Waals surface area contributed by atoms with Crippen molar-refractivity contribution in [1.29, 1.82) is 0 Å². The first kappa shape index (κ1) is 18.6. The number of ketones is 1. The maximum Gasteiger partial charge on any atom is 0.314 e. The number of hydrogen-bond donors (Lipinski definition) is 2. The minimum absolute atomic E-state index is 0.0927. The van der Waals surface area contributed by atoms with Crippen molar-refractivity contribution < 1.29 is 19.4 Å². The summed E-state index contributed by atoms with van der Waals surface area (Å²) in [7, 11) is 1.59. The van der Waals surface area contributed by atoms with E-state index >= 15 is 0 Å². The molecule has 5 heteroatoms. The van der Waals surface area contributed by atoms with Gasteiger partial charge in [-0.05, 0) is 31.7 Å². The molecule has 5 nitrogen and oxygen atoms in total. The number of carbonyl (C=O) groups is 2. The van der Waals surface area contributed by atoms with Gasteiger partial charge in [0.25, 0.3) is 0 Å². The summed E-state index contributed by atoms with van der Waals surface area (Å²) in [4.78, 5) is 24.5. The van der Waals surface area contributed by atoms with Crippen molar-refractivity contribution in [3.63, 3.8) is 0 Å². The molecule has 0 aliphatic carbocycles. The number of ether oxygens (including phenoxy) is 1. The number of carboxylic acids is 1. The molecule has 1 aromatic carbocycles. The Labute approximate surface area is 143 Å². The lowest BCUT2D eigenvalue weighted by Gasteiger charge is -2.29. The molecule has 1 aliphatic rings. The summed E-state index contributed by atoms with van der Waals surface area (Å²) in [6.07, 6.45) is 1.88. The number of rotatable bonds is 8. The van der Waals surface area contributed by atoms with Crippen molar-refractivity contribution in [2.24, 2.45) is 11.8 Å². The number of carbonyl (C=O) groups excluding carboxylic acids is 1. The summed E-state index contributed by atoms with van der Waals surface area (Å²) >= 11 is 0. The van der Waals surface area contributed by atoms with Crippen molar-refractivity contribution >= 4 is 11.8 Å². The van der Waals surface area contributed by atoms with Gasteiger partial charge < -0.3 is 15.2 Å². The number of aliphatic carboxylic acids is 1. The molecule has 1 saturated heterocycles. The van der Waals surface area contributed by atoms with Gasteiger partial charge in [0.1, 0.15) is 5.92 Å². The van der Waals surface area contributed by atoms with Gasteiger partial charge in [-0.25, -0.2) is 0 Å². The maximum atomic E-state index is 12.8. The highest BCUT2D eigenvalue weighted by Crippen LogP contribution is 2.25. The van der Waals surface area contributed by atoms with E-state index in [2.05, 4.69) is 12.2 Å². The lowest BCUT2D eigenvalue weighted by molar-refractivity contribution is -0.149. The molecule has 0 amide bonds. The highest BCUT2D eigenvalue weighted by atomic mass is 16.5. The minimum Gasteiger partial charge on any atom is -0.481 e. The Hall–Kier alpha value is -1.72. The monoisotopic (exact) mass is 333 g/mol. The Morgan fingerprint density at radius 3 is 2.46 bits per heavy atom. The Morgan fingerprint density at radius 2 is 1.96 bits per heavy atom. The van der Waals surface area contributed by atoms with Crippen LogP contribution in [0.15, 0.2) is 30.3 Å². The third-order valence-electron chi connectivity index (χ3n) is 4.94. The van der Waals surface area contributed by atoms with Gasteiger partial charge in [0.2, 0.25) is 0 Å². The van der Waals surface area contributed by atoms with Gasteiger partial charge in [-0.15, -0.1) is 0 Å². The summed E-state index contributed by atoms with van der Waals surface area (Å²) in [5.41, 5.74) is 0.854. The number of hydrogen-bond acceptors (Lipinski definition) is 4. The number of methoxy groups -OCH3 is 1. The van der Waals surface area contributed by atoms with Crippen LogP contribution >= 0.6 is 0 Å². The third kappa shape index (κ3) is 4.42. The molecule has 2 rings (SSSR count). The molecule has 0 aromatic heterocycles. The van der Waals surface area contributed by atoms with E-state index in [-0.39, 0.29) is 24.3 Å². The van der Waals surface area contributed by atoms with Crippen LogP contribution in [0.5, 0.6) is 0 Å². The molecule has 1 aromatic rings. The van der Waals surface area contributed by atoms with Crippen LogP contribution in [-0.2, 0) is 20.7 Å². The zero-order chi connectivity index (χ0) is 17.7. The Kier molecular flexibility index (Phi) is 6.52. The van der Waals surface area contributed by atoms with Gasteiger partial charge in [0.05, 0.1) is 6.10 Å². The van der Waals surface area contributed by atoms with Crippen LogP contribution in [0.25, 0.3) is 0 Å². The van der Waals surface area contributed by atoms with Crippen LogP contribution in [0.3, 0.4) is 0 Å². The van der Waals surface area contributed by atoms with E-state index < -0.39 is 17.8 Å². The van der Waals surface area contributed by atoms with Crippen molar-refractivity contribution in [2.45, 2.75) is 51.3 Å². The zero-order valence-electron chi connectivity index (χ0n) is 14.6. The molecule has 1 unspecified atom stereocenters. The van der Waals surface area contributed by atoms with Crippen LogP contribution in [0.2, 0.25) is 0 Å². The van der Waals surface area contributed by atoms with E-state index in [1.165, 1.54) is 0 Å². The molecule has 2 N–H and O–H groups in total. The topological polar surface area (TPSA) is 75.6 Å². The average molecular weight is 333 g/mol. The summed E-state index contributed by atoms with van der Waals surface area (Å²) in [6.45, 7) is 3.89. The van der Waals surface area contributed by atoms with Crippen LogP contribution in [-0.4, -0.2) is 42.2 Å². The zero-order valence-corrected chi connectivity index (χ0v) is 14.6. The van der Waals surface area contributed by atoms with E-state index in [1.807, 2.05) is 30.3 Å². The standard InChI is InChI=1S/C19H27NO4/c1-12-9-10-16(20-12)18(24-3)13(2)17(21)15(19(22)23)11-14-7-5-4-6-8-14/h4-8,12-13,15-16,18,20H,9-11H2,1-3H3,(H,22,23)/t12-,13-,15?,16-,18+/m0/s1. The molecule has 0 spiro atoms. The number of Topliss-reactive ketones (excluding diaryl/α,β-unsaturated/α-hetero) is 1. The second kappa shape index (κ2) is 8.40. The van der Waals surface area contributed by atoms with E-state index in [0.717, 1.165) is 18.4 Å². The lowest BCUT2D eigenvalue weighted by atomic mass is 9.83. The van der Waals surface area contributed by atoms with Crippen molar-refractivity contribution in [1.82, 2.24) is 5.32 Å². The predicted molar refractivity (Wildman–Crippen MR) is 91.9 cm³/mol. The molecule has 1 aliphatic heterocycles. The summed E-state index contributed by atoms with van der Waals surface area (Å²) in [5, 5.41) is 13.0. The summed E-state index contributed by atoms with van der Waals surface area (Å²) in [6, 6.07) is 9.76. The highest BCUT2D eigenvalue weighted by molar-refractivity contribution is 5.99. The molecular weight excluding hydrogens is 306 g/mol. The van der Waals surface area contributed by atoms with Crippen molar-refractivity contribution in [3.8, 4) is 0 Å². The lowest BCUT2D eigenvalue weighted by Crippen LogP contribution is -2.46. The fourth-order valence-electron chi connectivity index (χ4n) is 3.58. The summed E-state index contributed by atoms with van der Waals surface area (Å²) in [5.74, 6) is -2.85. The summed E-state index contributed by atoms with van der Waals surface area (Å²) < 4.78 is 5.57. The smallest absolute Gasteiger partial charge is 0.314 e. The molecule has 1 heterocycles. The fourth-order valence-corrected chi connectivity index (χ4v) is 3.58. The van der Waals surface area contributed by atoms with Crippen LogP contribution in [0.1, 0.15) is 32.3 Å². The quantitative estimate of drug-likeness (QED) is 0.714. The second-order valence-electron chi connectivity index (χ2n) is 6.72. The average Bonchev–Trinajstić information content (AvgIpc) is 2.99. The van der Waals surface area contributed by atoms with Gasteiger partial charge in [-0.3, -0.25) is 9.59 Å². The molecule has 0 bridgehead atoms. The SMILES string of the molecule is CO[C@@H]([C@@H]1CC[C@H](C)N1)[C@@H](C)C(=O)C(Cc1ccccc1)C(=O)O. The second-order valence-corrected chi connectivity index (χ2v) is 6.72. The van der Waals surface area contributed by atoms with Gasteiger partial charge in [0, 0.05) is 25.1 Å². The Morgan fingerprint density at radius 1 is 1.29 bits per heavy atom. The van der Waals surface area contributed by atoms with E-state index in [1.54, 1.807) is 14.0 Å². The molecular formula is C19H27NO4. The third-order valence-corrected chi connectivity index (χ3v) is 4.94. The van der Waals surface area contributed by atoms with Crippen molar-refractivity contribution in [3.05, 3.63) is 35.9 Å². The number of nitrogens with one attached hydrogen (secondary N) is 1. The van der Waals surface area contributed by atoms with Gasteiger partial charge in [-0.1, -0.05) is 37.3 Å². The van der Waals surface area contributed by atoms with E-state index in [0.29, 0.717) is 6.04 Å². The first-order valence-electron chi connectivity index (χ1n) is 8.53. The van der Waals surface area contributed by atoms with Crippen LogP contribution < -0.4 is 5.32 Å². The maximum absolute atomic E-state index is 12.8. The van der Waals surface area contributed by atoms with E-state index in [9.17, 15) is 14.7 Å². The van der Waals surface area contributed by atoms with Gasteiger partial charge in [0.15, 0.2) is 5.78 Å². The van der Waals surface area contributed by atoms with E-state index in [4.69, 9.17) is 4.74 Å². The Bertz CT molecular complexity index is 560. The number of benzene rings is 1. The van der Waals surface area contributed by atoms with Crippen LogP contribution in [0, 0.1) is 11.8 Å². The minimum atomic E-state index is -1.07. The molecule has 24 heavy (non-hydrogen) atoms. The Balaban J connectivity index is 2.11.